The standard InChI is InChI=1S/C11H12O2/c12-11-7-6-9(11)3-1-4-10-5-2-8-13-10/h2,5-9H,1,3-4H2. The van der Waals surface area contributed by atoms with Crippen LogP contribution in [0.1, 0.15) is 18.6 Å². The summed E-state index contributed by atoms with van der Waals surface area (Å²) in [5.41, 5.74) is 0. The van der Waals surface area contributed by atoms with Gasteiger partial charge in [0.25, 0.3) is 0 Å². The molecule has 0 bridgehead atoms. The number of carbonyl (C=O) groups excluding carboxylic acids is 1. The molecule has 1 aromatic rings. The first kappa shape index (κ1) is 8.30. The van der Waals surface area contributed by atoms with Crippen molar-refractivity contribution >= 4 is 5.78 Å². The fraction of sp³-hybridized carbons (Fsp3) is 0.364. The van der Waals surface area contributed by atoms with Crippen LogP contribution in [0.4, 0.5) is 0 Å². The first-order valence-electron chi connectivity index (χ1n) is 4.61. The van der Waals surface area contributed by atoms with Crippen LogP contribution in [-0.2, 0) is 11.2 Å². The molecule has 68 valence electrons. The molecule has 2 rings (SSSR count). The minimum atomic E-state index is 0.190. The molecule has 2 nitrogen and oxygen atoms in total. The zero-order chi connectivity index (χ0) is 9.10. The highest BCUT2D eigenvalue weighted by Gasteiger charge is 2.19. The van der Waals surface area contributed by atoms with Crippen LogP contribution in [0.25, 0.3) is 0 Å². The quantitative estimate of drug-likeness (QED) is 0.705. The Kier molecular flexibility index (Phi) is 2.30. The van der Waals surface area contributed by atoms with Crippen molar-refractivity contribution in [3.8, 4) is 0 Å². The van der Waals surface area contributed by atoms with Gasteiger partial charge in [0.15, 0.2) is 5.78 Å². The summed E-state index contributed by atoms with van der Waals surface area (Å²) in [6.45, 7) is 0. The summed E-state index contributed by atoms with van der Waals surface area (Å²) in [5.74, 6) is 1.48. The summed E-state index contributed by atoms with van der Waals surface area (Å²) >= 11 is 0. The summed E-state index contributed by atoms with van der Waals surface area (Å²) in [6.07, 6.45) is 8.22. The monoisotopic (exact) mass is 176 g/mol. The third-order valence-corrected chi connectivity index (χ3v) is 2.38. The van der Waals surface area contributed by atoms with Crippen molar-refractivity contribution in [1.82, 2.24) is 0 Å². The molecule has 0 aromatic carbocycles. The molecule has 0 N–H and O–H groups in total. The van der Waals surface area contributed by atoms with Crippen molar-refractivity contribution < 1.29 is 9.21 Å². The maximum atomic E-state index is 10.9. The molecule has 1 aliphatic rings. The van der Waals surface area contributed by atoms with Gasteiger partial charge in [0.05, 0.1) is 6.26 Å². The van der Waals surface area contributed by atoms with Gasteiger partial charge in [0, 0.05) is 12.3 Å². The first-order valence-corrected chi connectivity index (χ1v) is 4.61. The topological polar surface area (TPSA) is 30.2 Å². The van der Waals surface area contributed by atoms with Crippen molar-refractivity contribution in [3.63, 3.8) is 0 Å². The van der Waals surface area contributed by atoms with E-state index in [0.29, 0.717) is 0 Å². The van der Waals surface area contributed by atoms with E-state index in [1.54, 1.807) is 12.3 Å². The molecule has 1 atom stereocenters. The van der Waals surface area contributed by atoms with E-state index in [2.05, 4.69) is 0 Å². The van der Waals surface area contributed by atoms with Crippen LogP contribution >= 0.6 is 0 Å². The molecular formula is C11H12O2. The van der Waals surface area contributed by atoms with Crippen LogP contribution in [0, 0.1) is 5.92 Å². The Morgan fingerprint density at radius 3 is 2.92 bits per heavy atom. The number of hydrogen-bond acceptors (Lipinski definition) is 2. The number of hydrogen-bond donors (Lipinski definition) is 0. The average Bonchev–Trinajstić information content (AvgIpc) is 2.62. The normalized spacial score (nSPS) is 20.3. The third-order valence-electron chi connectivity index (χ3n) is 2.38. The molecule has 1 unspecified atom stereocenters. The molecular weight excluding hydrogens is 164 g/mol. The highest BCUT2D eigenvalue weighted by Crippen LogP contribution is 2.19. The predicted molar refractivity (Wildman–Crippen MR) is 49.3 cm³/mol. The van der Waals surface area contributed by atoms with Gasteiger partial charge in [-0.1, -0.05) is 6.08 Å². The molecule has 1 heterocycles. The van der Waals surface area contributed by atoms with Gasteiger partial charge in [0.2, 0.25) is 0 Å². The van der Waals surface area contributed by atoms with E-state index in [1.165, 1.54) is 0 Å². The maximum absolute atomic E-state index is 10.9. The average molecular weight is 176 g/mol. The van der Waals surface area contributed by atoms with Crippen LogP contribution < -0.4 is 0 Å². The number of allylic oxidation sites excluding steroid dienone is 2. The van der Waals surface area contributed by atoms with E-state index in [4.69, 9.17) is 4.42 Å². The summed E-state index contributed by atoms with van der Waals surface area (Å²) in [5, 5.41) is 0. The minimum Gasteiger partial charge on any atom is -0.469 e. The Morgan fingerprint density at radius 2 is 2.38 bits per heavy atom. The zero-order valence-electron chi connectivity index (χ0n) is 7.40. The second-order valence-electron chi connectivity index (χ2n) is 3.34. The summed E-state index contributed by atoms with van der Waals surface area (Å²) in [7, 11) is 0. The Bertz CT molecular complexity index is 309. The molecule has 0 amide bonds. The predicted octanol–water partition coefficient (Wildman–Crippen LogP) is 2.36. The van der Waals surface area contributed by atoms with Crippen molar-refractivity contribution in [3.05, 3.63) is 36.3 Å². The Morgan fingerprint density at radius 1 is 1.46 bits per heavy atom. The molecule has 1 aromatic heterocycles. The number of carbonyl (C=O) groups is 1. The molecule has 0 saturated heterocycles. The lowest BCUT2D eigenvalue weighted by molar-refractivity contribution is -0.118. The van der Waals surface area contributed by atoms with Crippen LogP contribution in [0.5, 0.6) is 0 Å². The smallest absolute Gasteiger partial charge is 0.162 e. The highest BCUT2D eigenvalue weighted by atomic mass is 16.3. The van der Waals surface area contributed by atoms with E-state index in [1.807, 2.05) is 18.2 Å². The second kappa shape index (κ2) is 3.60. The second-order valence-corrected chi connectivity index (χ2v) is 3.34. The van der Waals surface area contributed by atoms with Gasteiger partial charge in [-0.3, -0.25) is 4.79 Å². The van der Waals surface area contributed by atoms with Gasteiger partial charge in [-0.2, -0.15) is 0 Å². The lowest BCUT2D eigenvalue weighted by Crippen LogP contribution is -2.17. The molecule has 0 saturated carbocycles. The summed E-state index contributed by atoms with van der Waals surface area (Å²) in [6, 6.07) is 3.86. The van der Waals surface area contributed by atoms with Crippen molar-refractivity contribution in [2.24, 2.45) is 5.92 Å². The zero-order valence-corrected chi connectivity index (χ0v) is 7.40. The van der Waals surface area contributed by atoms with Crippen LogP contribution in [0.2, 0.25) is 0 Å². The maximum Gasteiger partial charge on any atom is 0.162 e. The van der Waals surface area contributed by atoms with Gasteiger partial charge in [-0.05, 0) is 31.1 Å². The fourth-order valence-corrected chi connectivity index (χ4v) is 1.50. The minimum absolute atomic E-state index is 0.190. The molecule has 0 aliphatic heterocycles. The molecule has 0 radical (unpaired) electrons. The van der Waals surface area contributed by atoms with Crippen LogP contribution in [0.3, 0.4) is 0 Å². The van der Waals surface area contributed by atoms with E-state index < -0.39 is 0 Å². The first-order chi connectivity index (χ1) is 6.36. The Hall–Kier alpha value is -1.31. The van der Waals surface area contributed by atoms with Crippen molar-refractivity contribution in [1.29, 1.82) is 0 Å². The molecule has 2 heteroatoms. The molecule has 1 aliphatic carbocycles. The lowest BCUT2D eigenvalue weighted by Gasteiger charge is -2.14. The molecule has 13 heavy (non-hydrogen) atoms. The fourth-order valence-electron chi connectivity index (χ4n) is 1.50. The van der Waals surface area contributed by atoms with E-state index >= 15 is 0 Å². The van der Waals surface area contributed by atoms with Gasteiger partial charge >= 0.3 is 0 Å². The van der Waals surface area contributed by atoms with Gasteiger partial charge < -0.3 is 4.42 Å². The third kappa shape index (κ3) is 1.89. The molecule has 0 fully saturated rings. The van der Waals surface area contributed by atoms with E-state index in [-0.39, 0.29) is 11.7 Å². The van der Waals surface area contributed by atoms with Gasteiger partial charge in [-0.25, -0.2) is 0 Å². The van der Waals surface area contributed by atoms with Gasteiger partial charge in [0.1, 0.15) is 5.76 Å². The van der Waals surface area contributed by atoms with Crippen molar-refractivity contribution in [2.45, 2.75) is 19.3 Å². The number of ketones is 1. The SMILES string of the molecule is O=C1C=CC1CCCc1ccco1. The van der Waals surface area contributed by atoms with E-state index in [9.17, 15) is 4.79 Å². The Labute approximate surface area is 77.2 Å². The van der Waals surface area contributed by atoms with Crippen LogP contribution in [0.15, 0.2) is 35.0 Å². The Balaban J connectivity index is 1.70. The van der Waals surface area contributed by atoms with E-state index in [0.717, 1.165) is 25.0 Å². The van der Waals surface area contributed by atoms with Crippen LogP contribution in [-0.4, -0.2) is 5.78 Å². The van der Waals surface area contributed by atoms with Crippen molar-refractivity contribution in [2.75, 3.05) is 0 Å². The molecule has 0 spiro atoms. The summed E-state index contributed by atoms with van der Waals surface area (Å²) < 4.78 is 5.19. The lowest BCUT2D eigenvalue weighted by atomic mass is 9.88. The number of rotatable bonds is 4. The largest absolute Gasteiger partial charge is 0.469 e. The van der Waals surface area contributed by atoms with Gasteiger partial charge in [-0.15, -0.1) is 0 Å². The summed E-state index contributed by atoms with van der Waals surface area (Å²) in [4.78, 5) is 10.9. The number of aryl methyl sites for hydroxylation is 1. The number of furan rings is 1. The highest BCUT2D eigenvalue weighted by molar-refractivity contribution is 5.99.